The molecule has 0 atom stereocenters. The van der Waals surface area contributed by atoms with Crippen LogP contribution in [0.2, 0.25) is 0 Å². The number of anilines is 1. The van der Waals surface area contributed by atoms with Crippen molar-refractivity contribution < 1.29 is 44.3 Å². The minimum atomic E-state index is -1.22. The van der Waals surface area contributed by atoms with Gasteiger partial charge in [0.1, 0.15) is 0 Å². The van der Waals surface area contributed by atoms with E-state index in [9.17, 15) is 14.7 Å². The van der Waals surface area contributed by atoms with Crippen LogP contribution in [0.4, 0.5) is 5.69 Å². The molecular formula is C16H14NNaO3. The number of hydrogen-bond donors (Lipinski definition) is 1. The number of carbonyl (C=O) groups excluding carboxylic acids is 2. The van der Waals surface area contributed by atoms with E-state index in [1.165, 1.54) is 0 Å². The molecule has 2 rings (SSSR count). The fourth-order valence-electron chi connectivity index (χ4n) is 2.11. The second kappa shape index (κ2) is 7.41. The number of carboxylic acid groups (broad SMARTS) is 1. The van der Waals surface area contributed by atoms with Crippen LogP contribution in [0.15, 0.2) is 42.5 Å². The van der Waals surface area contributed by atoms with Crippen molar-refractivity contribution in [3.63, 3.8) is 0 Å². The molecule has 0 unspecified atom stereocenters. The van der Waals surface area contributed by atoms with Crippen molar-refractivity contribution in [2.45, 2.75) is 13.3 Å². The zero-order chi connectivity index (χ0) is 14.7. The van der Waals surface area contributed by atoms with Crippen LogP contribution in [0.3, 0.4) is 0 Å². The maximum Gasteiger partial charge on any atom is 1.00 e. The number of carbonyl (C=O) groups is 2. The van der Waals surface area contributed by atoms with E-state index < -0.39 is 5.97 Å². The van der Waals surface area contributed by atoms with E-state index in [0.717, 1.165) is 5.56 Å². The summed E-state index contributed by atoms with van der Waals surface area (Å²) in [5.41, 5.74) is 8.17. The van der Waals surface area contributed by atoms with Crippen LogP contribution >= 0.6 is 0 Å². The average Bonchev–Trinajstić information content (AvgIpc) is 2.42. The Hall–Kier alpha value is -1.62. The Morgan fingerprint density at radius 2 is 1.76 bits per heavy atom. The molecule has 0 bridgehead atoms. The van der Waals surface area contributed by atoms with Gasteiger partial charge in [-0.1, -0.05) is 36.4 Å². The molecule has 0 aliphatic heterocycles. The Balaban J connectivity index is 0.00000220. The fraction of sp³-hybridized carbons (Fsp3) is 0.125. The first-order valence-corrected chi connectivity index (χ1v) is 6.17. The van der Waals surface area contributed by atoms with Crippen LogP contribution in [0.5, 0.6) is 0 Å². The summed E-state index contributed by atoms with van der Waals surface area (Å²) in [6.45, 7) is 1.79. The third kappa shape index (κ3) is 4.17. The number of ketones is 1. The molecule has 0 saturated heterocycles. The molecule has 2 aromatic rings. The quantitative estimate of drug-likeness (QED) is 0.405. The molecule has 0 radical (unpaired) electrons. The van der Waals surface area contributed by atoms with Crippen LogP contribution in [-0.4, -0.2) is 11.8 Å². The first-order valence-electron chi connectivity index (χ1n) is 6.17. The van der Waals surface area contributed by atoms with Crippen molar-refractivity contribution in [3.05, 3.63) is 64.7 Å². The SMILES string of the molecule is Cc1cc(CC(=O)[O-])c(N)c(C(=O)c2ccccc2)c1.[Na+]. The maximum absolute atomic E-state index is 12.4. The van der Waals surface area contributed by atoms with Crippen molar-refractivity contribution >= 4 is 17.4 Å². The number of rotatable bonds is 4. The Morgan fingerprint density at radius 1 is 1.14 bits per heavy atom. The Morgan fingerprint density at radius 3 is 2.33 bits per heavy atom. The summed E-state index contributed by atoms with van der Waals surface area (Å²) in [4.78, 5) is 23.1. The first-order chi connectivity index (χ1) is 9.49. The molecule has 2 aromatic carbocycles. The topological polar surface area (TPSA) is 83.2 Å². The van der Waals surface area contributed by atoms with E-state index >= 15 is 0 Å². The average molecular weight is 291 g/mol. The smallest absolute Gasteiger partial charge is 0.550 e. The van der Waals surface area contributed by atoms with Crippen LogP contribution in [0, 0.1) is 6.92 Å². The molecule has 0 aliphatic rings. The van der Waals surface area contributed by atoms with Crippen LogP contribution in [0.25, 0.3) is 0 Å². The van der Waals surface area contributed by atoms with Gasteiger partial charge in [0.25, 0.3) is 0 Å². The molecule has 0 amide bonds. The van der Waals surface area contributed by atoms with Crippen molar-refractivity contribution in [1.82, 2.24) is 0 Å². The number of hydrogen-bond acceptors (Lipinski definition) is 4. The molecular weight excluding hydrogens is 277 g/mol. The first kappa shape index (κ1) is 17.4. The molecule has 2 N–H and O–H groups in total. The molecule has 0 fully saturated rings. The van der Waals surface area contributed by atoms with Crippen molar-refractivity contribution in [3.8, 4) is 0 Å². The molecule has 21 heavy (non-hydrogen) atoms. The number of benzene rings is 2. The molecule has 0 aromatic heterocycles. The van der Waals surface area contributed by atoms with Gasteiger partial charge in [-0.05, 0) is 24.1 Å². The molecule has 102 valence electrons. The summed E-state index contributed by atoms with van der Waals surface area (Å²) in [6.07, 6.45) is -0.303. The van der Waals surface area contributed by atoms with Gasteiger partial charge >= 0.3 is 29.6 Å². The molecule has 5 heteroatoms. The fourth-order valence-corrected chi connectivity index (χ4v) is 2.11. The van der Waals surface area contributed by atoms with Gasteiger partial charge in [-0.15, -0.1) is 0 Å². The monoisotopic (exact) mass is 291 g/mol. The van der Waals surface area contributed by atoms with Gasteiger partial charge in [0.05, 0.1) is 0 Å². The van der Waals surface area contributed by atoms with Gasteiger partial charge in [0.15, 0.2) is 5.78 Å². The normalized spacial score (nSPS) is 9.76. The van der Waals surface area contributed by atoms with Gasteiger partial charge < -0.3 is 15.6 Å². The third-order valence-electron chi connectivity index (χ3n) is 3.03. The van der Waals surface area contributed by atoms with Gasteiger partial charge in [-0.3, -0.25) is 4.79 Å². The Bertz CT molecular complexity index is 669. The zero-order valence-corrected chi connectivity index (χ0v) is 14.1. The summed E-state index contributed by atoms with van der Waals surface area (Å²) in [5, 5.41) is 10.7. The van der Waals surface area contributed by atoms with Crippen LogP contribution in [-0.2, 0) is 11.2 Å². The van der Waals surface area contributed by atoms with E-state index in [2.05, 4.69) is 0 Å². The Labute approximate surface area is 145 Å². The Kier molecular flexibility index (Phi) is 6.15. The van der Waals surface area contributed by atoms with Gasteiger partial charge in [-0.25, -0.2) is 0 Å². The van der Waals surface area contributed by atoms with Crippen LogP contribution < -0.4 is 40.4 Å². The molecule has 0 heterocycles. The van der Waals surface area contributed by atoms with E-state index in [-0.39, 0.29) is 47.4 Å². The zero-order valence-electron chi connectivity index (χ0n) is 12.1. The van der Waals surface area contributed by atoms with Crippen molar-refractivity contribution in [1.29, 1.82) is 0 Å². The standard InChI is InChI=1S/C16H15NO3.Na/c1-10-7-12(9-14(18)19)15(17)13(8-10)16(20)11-5-3-2-4-6-11;/h2-8H,9,17H2,1H3,(H,18,19);/q;+1/p-1. The number of carboxylic acids is 1. The van der Waals surface area contributed by atoms with Gasteiger partial charge in [0, 0.05) is 29.2 Å². The second-order valence-electron chi connectivity index (χ2n) is 4.63. The van der Waals surface area contributed by atoms with Gasteiger partial charge in [0.2, 0.25) is 0 Å². The summed E-state index contributed by atoms with van der Waals surface area (Å²) >= 11 is 0. The minimum Gasteiger partial charge on any atom is -0.550 e. The minimum absolute atomic E-state index is 0. The summed E-state index contributed by atoms with van der Waals surface area (Å²) in [5.74, 6) is -1.44. The summed E-state index contributed by atoms with van der Waals surface area (Å²) in [6, 6.07) is 12.1. The predicted molar refractivity (Wildman–Crippen MR) is 74.2 cm³/mol. The van der Waals surface area contributed by atoms with E-state index in [1.807, 2.05) is 6.07 Å². The van der Waals surface area contributed by atoms with Crippen LogP contribution in [0.1, 0.15) is 27.0 Å². The second-order valence-corrected chi connectivity index (χ2v) is 4.63. The number of nitrogens with two attached hydrogens (primary N) is 1. The molecule has 4 nitrogen and oxygen atoms in total. The molecule has 0 aliphatic carbocycles. The van der Waals surface area contributed by atoms with E-state index in [4.69, 9.17) is 5.73 Å². The van der Waals surface area contributed by atoms with E-state index in [0.29, 0.717) is 16.7 Å². The maximum atomic E-state index is 12.4. The third-order valence-corrected chi connectivity index (χ3v) is 3.03. The number of aliphatic carboxylic acids is 1. The number of nitrogen functional groups attached to an aromatic ring is 1. The van der Waals surface area contributed by atoms with Crippen molar-refractivity contribution in [2.75, 3.05) is 5.73 Å². The molecule has 0 saturated carbocycles. The predicted octanol–water partition coefficient (Wildman–Crippen LogP) is -1.90. The largest absolute Gasteiger partial charge is 1.00 e. The number of aryl methyl sites for hydroxylation is 1. The summed E-state index contributed by atoms with van der Waals surface area (Å²) < 4.78 is 0. The summed E-state index contributed by atoms with van der Waals surface area (Å²) in [7, 11) is 0. The van der Waals surface area contributed by atoms with E-state index in [1.54, 1.807) is 43.3 Å². The van der Waals surface area contributed by atoms with Gasteiger partial charge in [-0.2, -0.15) is 0 Å². The molecule has 0 spiro atoms. The van der Waals surface area contributed by atoms with Crippen molar-refractivity contribution in [2.24, 2.45) is 0 Å².